The Balaban J connectivity index is 2.24. The zero-order valence-electron chi connectivity index (χ0n) is 15.6. The minimum Gasteiger partial charge on any atom is -0.481 e. The Kier molecular flexibility index (Phi) is 12.4. The summed E-state index contributed by atoms with van der Waals surface area (Å²) in [5, 5.41) is 11.0. The van der Waals surface area contributed by atoms with Crippen LogP contribution >= 0.6 is 0 Å². The summed E-state index contributed by atoms with van der Waals surface area (Å²) in [5.41, 5.74) is -0.0887. The maximum Gasteiger partial charge on any atom is 0.310 e. The number of benzene rings is 1. The van der Waals surface area contributed by atoms with Crippen molar-refractivity contribution in [2.24, 2.45) is 0 Å². The van der Waals surface area contributed by atoms with Crippen molar-refractivity contribution in [1.29, 1.82) is 0 Å². The molecule has 0 aliphatic rings. The third kappa shape index (κ3) is 9.67. The maximum absolute atomic E-state index is 11.0. The van der Waals surface area contributed by atoms with Crippen LogP contribution in [0.3, 0.4) is 0 Å². The molecule has 0 bridgehead atoms. The van der Waals surface area contributed by atoms with Crippen molar-refractivity contribution >= 4 is 5.69 Å². The molecule has 0 N–H and O–H groups in total. The molecular formula is C18H29NO7. The number of ether oxygens (including phenoxy) is 5. The molecule has 8 heteroatoms. The molecule has 0 saturated carbocycles. The number of hydrogen-bond acceptors (Lipinski definition) is 7. The van der Waals surface area contributed by atoms with Gasteiger partial charge in [0.2, 0.25) is 0 Å². The van der Waals surface area contributed by atoms with Crippen LogP contribution in [0.5, 0.6) is 5.75 Å². The summed E-state index contributed by atoms with van der Waals surface area (Å²) in [6.07, 6.45) is 1.55. The average Bonchev–Trinajstić information content (AvgIpc) is 2.64. The summed E-state index contributed by atoms with van der Waals surface area (Å²) in [7, 11) is 0. The van der Waals surface area contributed by atoms with Gasteiger partial charge in [-0.2, -0.15) is 0 Å². The molecule has 0 spiro atoms. The van der Waals surface area contributed by atoms with Crippen molar-refractivity contribution < 1.29 is 28.6 Å². The molecular weight excluding hydrogens is 342 g/mol. The van der Waals surface area contributed by atoms with Crippen molar-refractivity contribution in [3.8, 4) is 5.75 Å². The molecule has 1 rings (SSSR count). The molecule has 0 saturated heterocycles. The topological polar surface area (TPSA) is 89.3 Å². The van der Waals surface area contributed by atoms with E-state index >= 15 is 0 Å². The van der Waals surface area contributed by atoms with Crippen LogP contribution in [0.15, 0.2) is 24.3 Å². The summed E-state index contributed by atoms with van der Waals surface area (Å²) in [5.74, 6) is 0.186. The van der Waals surface area contributed by atoms with Crippen LogP contribution in [0.4, 0.5) is 5.69 Å². The van der Waals surface area contributed by atoms with Gasteiger partial charge >= 0.3 is 5.69 Å². The lowest BCUT2D eigenvalue weighted by Crippen LogP contribution is -2.27. The van der Waals surface area contributed by atoms with E-state index in [9.17, 15) is 10.1 Å². The molecule has 0 fully saturated rings. The summed E-state index contributed by atoms with van der Waals surface area (Å²) >= 11 is 0. The third-order valence-corrected chi connectivity index (χ3v) is 3.34. The first kappa shape index (κ1) is 22.3. The van der Waals surface area contributed by atoms with Gasteiger partial charge in [0.15, 0.2) is 12.0 Å². The minimum atomic E-state index is -0.621. The quantitative estimate of drug-likeness (QED) is 0.191. The molecule has 0 amide bonds. The van der Waals surface area contributed by atoms with Crippen LogP contribution in [0.1, 0.15) is 26.7 Å². The summed E-state index contributed by atoms with van der Waals surface area (Å²) in [6.45, 7) is 7.03. The van der Waals surface area contributed by atoms with Crippen LogP contribution < -0.4 is 4.74 Å². The van der Waals surface area contributed by atoms with E-state index in [1.807, 2.05) is 6.92 Å². The number of para-hydroxylation sites is 2. The van der Waals surface area contributed by atoms with Gasteiger partial charge in [0.05, 0.1) is 31.4 Å². The fraction of sp³-hybridized carbons (Fsp3) is 0.667. The van der Waals surface area contributed by atoms with E-state index in [-0.39, 0.29) is 18.0 Å². The van der Waals surface area contributed by atoms with Crippen LogP contribution in [-0.4, -0.2) is 57.5 Å². The zero-order chi connectivity index (χ0) is 19.0. The average molecular weight is 371 g/mol. The second kappa shape index (κ2) is 14.4. The number of nitro benzene ring substituents is 1. The standard InChI is InChI=1S/C18H29NO7/c1-3-5-10-22-11-12-23-13-14-25-18(24-4-2)15-26-17-9-7-6-8-16(17)19(20)21/h6-9,18H,3-5,10-15H2,1-2H3. The van der Waals surface area contributed by atoms with Gasteiger partial charge in [0, 0.05) is 19.3 Å². The van der Waals surface area contributed by atoms with Crippen LogP contribution in [0.25, 0.3) is 0 Å². The number of unbranched alkanes of at least 4 members (excludes halogenated alkanes) is 1. The molecule has 1 unspecified atom stereocenters. The summed E-state index contributed by atoms with van der Waals surface area (Å²) in [6, 6.07) is 6.20. The smallest absolute Gasteiger partial charge is 0.310 e. The molecule has 1 aromatic rings. The number of nitrogens with zero attached hydrogens (tertiary/aromatic N) is 1. The number of hydrogen-bond donors (Lipinski definition) is 0. The Labute approximate surface area is 154 Å². The Morgan fingerprint density at radius 3 is 2.38 bits per heavy atom. The number of nitro groups is 1. The van der Waals surface area contributed by atoms with E-state index in [1.165, 1.54) is 6.07 Å². The van der Waals surface area contributed by atoms with Gasteiger partial charge in [0.1, 0.15) is 6.61 Å². The van der Waals surface area contributed by atoms with Crippen LogP contribution in [-0.2, 0) is 18.9 Å². The van der Waals surface area contributed by atoms with Crippen molar-refractivity contribution in [3.05, 3.63) is 34.4 Å². The van der Waals surface area contributed by atoms with E-state index in [0.717, 1.165) is 19.4 Å². The Bertz CT molecular complexity index is 498. The maximum atomic E-state index is 11.0. The van der Waals surface area contributed by atoms with E-state index in [0.29, 0.717) is 33.0 Å². The Hall–Kier alpha value is -1.74. The lowest BCUT2D eigenvalue weighted by molar-refractivity contribution is -0.386. The van der Waals surface area contributed by atoms with E-state index in [2.05, 4.69) is 6.92 Å². The summed E-state index contributed by atoms with van der Waals surface area (Å²) in [4.78, 5) is 10.5. The highest BCUT2D eigenvalue weighted by Crippen LogP contribution is 2.26. The van der Waals surface area contributed by atoms with Crippen molar-refractivity contribution in [3.63, 3.8) is 0 Å². The fourth-order valence-electron chi connectivity index (χ4n) is 2.02. The lowest BCUT2D eigenvalue weighted by atomic mass is 10.3. The van der Waals surface area contributed by atoms with Gasteiger partial charge in [-0.3, -0.25) is 10.1 Å². The second-order valence-corrected chi connectivity index (χ2v) is 5.37. The second-order valence-electron chi connectivity index (χ2n) is 5.37. The van der Waals surface area contributed by atoms with Gasteiger partial charge in [-0.05, 0) is 19.4 Å². The van der Waals surface area contributed by atoms with Crippen molar-refractivity contribution in [2.75, 3.05) is 46.2 Å². The van der Waals surface area contributed by atoms with Gasteiger partial charge in [-0.15, -0.1) is 0 Å². The highest BCUT2D eigenvalue weighted by Gasteiger charge is 2.16. The molecule has 26 heavy (non-hydrogen) atoms. The molecule has 0 aromatic heterocycles. The lowest BCUT2D eigenvalue weighted by Gasteiger charge is -2.18. The van der Waals surface area contributed by atoms with Crippen molar-refractivity contribution in [2.45, 2.75) is 33.0 Å². The minimum absolute atomic E-state index is 0.0544. The molecule has 1 aromatic carbocycles. The Morgan fingerprint density at radius 1 is 1.00 bits per heavy atom. The SMILES string of the molecule is CCCCOCCOCCOC(COc1ccccc1[N+](=O)[O-])OCC. The third-order valence-electron chi connectivity index (χ3n) is 3.34. The van der Waals surface area contributed by atoms with Gasteiger partial charge in [0.25, 0.3) is 0 Å². The van der Waals surface area contributed by atoms with Crippen LogP contribution in [0, 0.1) is 10.1 Å². The van der Waals surface area contributed by atoms with Crippen LogP contribution in [0.2, 0.25) is 0 Å². The van der Waals surface area contributed by atoms with E-state index < -0.39 is 11.2 Å². The monoisotopic (exact) mass is 371 g/mol. The zero-order valence-corrected chi connectivity index (χ0v) is 15.6. The van der Waals surface area contributed by atoms with Gasteiger partial charge in [-0.25, -0.2) is 0 Å². The highest BCUT2D eigenvalue weighted by atomic mass is 16.7. The van der Waals surface area contributed by atoms with Crippen molar-refractivity contribution in [1.82, 2.24) is 0 Å². The Morgan fingerprint density at radius 2 is 1.69 bits per heavy atom. The van der Waals surface area contributed by atoms with Gasteiger partial charge < -0.3 is 23.7 Å². The summed E-state index contributed by atoms with van der Waals surface area (Å²) < 4.78 is 27.3. The predicted octanol–water partition coefficient (Wildman–Crippen LogP) is 3.19. The molecule has 0 radical (unpaired) electrons. The van der Waals surface area contributed by atoms with E-state index in [4.69, 9.17) is 23.7 Å². The molecule has 8 nitrogen and oxygen atoms in total. The predicted molar refractivity (Wildman–Crippen MR) is 96.5 cm³/mol. The first-order chi connectivity index (χ1) is 12.7. The first-order valence-corrected chi connectivity index (χ1v) is 8.93. The number of rotatable bonds is 16. The molecule has 0 heterocycles. The molecule has 0 aliphatic heterocycles. The first-order valence-electron chi connectivity index (χ1n) is 8.93. The van der Waals surface area contributed by atoms with Gasteiger partial charge in [-0.1, -0.05) is 25.5 Å². The fourth-order valence-corrected chi connectivity index (χ4v) is 2.02. The largest absolute Gasteiger partial charge is 0.481 e. The molecule has 0 aliphatic carbocycles. The highest BCUT2D eigenvalue weighted by molar-refractivity contribution is 5.45. The molecule has 148 valence electrons. The molecule has 1 atom stereocenters. The van der Waals surface area contributed by atoms with E-state index in [1.54, 1.807) is 18.2 Å². The normalized spacial score (nSPS) is 12.1.